The van der Waals surface area contributed by atoms with Gasteiger partial charge in [0.1, 0.15) is 19.3 Å². The van der Waals surface area contributed by atoms with Gasteiger partial charge in [-0.15, -0.1) is 0 Å². The van der Waals surface area contributed by atoms with Crippen LogP contribution in [0.3, 0.4) is 0 Å². The molecule has 0 aromatic heterocycles. The van der Waals surface area contributed by atoms with Crippen LogP contribution in [-0.2, 0) is 65.4 Å². The summed E-state index contributed by atoms with van der Waals surface area (Å²) >= 11 is 0. The summed E-state index contributed by atoms with van der Waals surface area (Å²) in [6.07, 6.45) is 63.8. The number of carbonyl (C=O) groups is 4. The van der Waals surface area contributed by atoms with Gasteiger partial charge in [0.15, 0.2) is 12.2 Å². The quantitative estimate of drug-likeness (QED) is 0.0222. The lowest BCUT2D eigenvalue weighted by atomic mass is 10.0. The Hall–Kier alpha value is -1.94. The molecule has 17 nitrogen and oxygen atoms in total. The number of rotatable bonds is 80. The number of aliphatic hydroxyl groups excluding tert-OH is 1. The standard InChI is InChI=1S/C80H156O17P2/c1-6-9-12-15-18-21-24-27-29-31-33-35-37-40-42-48-53-58-63-77(82)90-69-75(96-80(85)66-61-56-51-44-41-38-36-34-32-30-28-25-22-19-16-13-10-7-2)71-94-98(86,87)92-67-74(81)68-93-99(88,89)95-72-76(70-91-78(83)64-59-54-49-46-45-47-52-57-62-73(4)5)97-79(84)65-60-55-50-43-39-26-23-20-17-14-11-8-3/h73-76,81H,6-72H2,1-5H3,(H,86,87)(H,88,89)/t74-,75-,76-/m1/s1. The summed E-state index contributed by atoms with van der Waals surface area (Å²) in [5, 5.41) is 10.6. The van der Waals surface area contributed by atoms with E-state index < -0.39 is 97.5 Å². The van der Waals surface area contributed by atoms with Crippen molar-refractivity contribution in [3.05, 3.63) is 0 Å². The summed E-state index contributed by atoms with van der Waals surface area (Å²) in [6, 6.07) is 0. The minimum absolute atomic E-state index is 0.107. The van der Waals surface area contributed by atoms with Crippen molar-refractivity contribution in [3.63, 3.8) is 0 Å². The summed E-state index contributed by atoms with van der Waals surface area (Å²) in [7, 11) is -9.92. The number of unbranched alkanes of at least 4 members (excludes halogenated alkanes) is 52. The number of ether oxygens (including phenoxy) is 4. The number of phosphoric ester groups is 2. The second kappa shape index (κ2) is 73.0. The number of phosphoric acid groups is 2. The van der Waals surface area contributed by atoms with E-state index in [0.29, 0.717) is 25.7 Å². The molecule has 0 radical (unpaired) electrons. The summed E-state index contributed by atoms with van der Waals surface area (Å²) < 4.78 is 68.7. The van der Waals surface area contributed by atoms with Gasteiger partial charge in [-0.3, -0.25) is 37.3 Å². The number of hydrogen-bond acceptors (Lipinski definition) is 15. The summed E-state index contributed by atoms with van der Waals surface area (Å²) in [6.45, 7) is 7.29. The Morgan fingerprint density at radius 3 is 0.687 bits per heavy atom. The van der Waals surface area contributed by atoms with Crippen molar-refractivity contribution in [3.8, 4) is 0 Å². The highest BCUT2D eigenvalue weighted by Crippen LogP contribution is 2.45. The van der Waals surface area contributed by atoms with E-state index in [0.717, 1.165) is 95.8 Å². The van der Waals surface area contributed by atoms with Crippen molar-refractivity contribution in [1.82, 2.24) is 0 Å². The van der Waals surface area contributed by atoms with Crippen LogP contribution in [0.15, 0.2) is 0 Å². The fourth-order valence-corrected chi connectivity index (χ4v) is 14.0. The van der Waals surface area contributed by atoms with Crippen molar-refractivity contribution in [2.45, 2.75) is 445 Å². The van der Waals surface area contributed by atoms with Gasteiger partial charge < -0.3 is 33.8 Å². The van der Waals surface area contributed by atoms with E-state index in [4.69, 9.17) is 37.0 Å². The van der Waals surface area contributed by atoms with E-state index in [2.05, 4.69) is 34.6 Å². The Morgan fingerprint density at radius 2 is 0.465 bits per heavy atom. The summed E-state index contributed by atoms with van der Waals surface area (Å²) in [4.78, 5) is 73.0. The molecule has 0 rings (SSSR count). The van der Waals surface area contributed by atoms with Crippen molar-refractivity contribution in [2.75, 3.05) is 39.6 Å². The predicted molar refractivity (Wildman–Crippen MR) is 405 cm³/mol. The molecule has 19 heteroatoms. The maximum atomic E-state index is 13.1. The van der Waals surface area contributed by atoms with Crippen LogP contribution >= 0.6 is 15.6 Å². The van der Waals surface area contributed by atoms with Gasteiger partial charge in [-0.1, -0.05) is 375 Å². The molecule has 0 bridgehead atoms. The molecular formula is C80H156O17P2. The van der Waals surface area contributed by atoms with Gasteiger partial charge in [0.2, 0.25) is 0 Å². The lowest BCUT2D eigenvalue weighted by molar-refractivity contribution is -0.161. The Labute approximate surface area is 607 Å². The van der Waals surface area contributed by atoms with Crippen LogP contribution in [0.5, 0.6) is 0 Å². The lowest BCUT2D eigenvalue weighted by Gasteiger charge is -2.21. The second-order valence-corrected chi connectivity index (χ2v) is 32.2. The minimum Gasteiger partial charge on any atom is -0.462 e. The van der Waals surface area contributed by atoms with E-state index >= 15 is 0 Å². The molecule has 0 fully saturated rings. The highest BCUT2D eigenvalue weighted by atomic mass is 31.2. The van der Waals surface area contributed by atoms with Crippen molar-refractivity contribution in [2.24, 2.45) is 5.92 Å². The Morgan fingerprint density at radius 1 is 0.273 bits per heavy atom. The first kappa shape index (κ1) is 97.1. The lowest BCUT2D eigenvalue weighted by Crippen LogP contribution is -2.30. The van der Waals surface area contributed by atoms with Crippen LogP contribution in [-0.4, -0.2) is 96.7 Å². The third-order valence-corrected chi connectivity index (χ3v) is 20.7. The number of esters is 4. The van der Waals surface area contributed by atoms with Crippen molar-refractivity contribution < 1.29 is 80.2 Å². The van der Waals surface area contributed by atoms with Gasteiger partial charge in [0.25, 0.3) is 0 Å². The molecule has 0 saturated heterocycles. The van der Waals surface area contributed by atoms with E-state index in [-0.39, 0.29) is 25.7 Å². The van der Waals surface area contributed by atoms with Gasteiger partial charge in [-0.2, -0.15) is 0 Å². The zero-order valence-electron chi connectivity index (χ0n) is 64.6. The van der Waals surface area contributed by atoms with Gasteiger partial charge in [-0.05, 0) is 31.6 Å². The van der Waals surface area contributed by atoms with Gasteiger partial charge in [-0.25, -0.2) is 9.13 Å². The van der Waals surface area contributed by atoms with Crippen LogP contribution in [0, 0.1) is 5.92 Å². The van der Waals surface area contributed by atoms with E-state index in [1.54, 1.807) is 0 Å². The highest BCUT2D eigenvalue weighted by molar-refractivity contribution is 7.47. The third-order valence-electron chi connectivity index (χ3n) is 18.8. The fourth-order valence-electron chi connectivity index (χ4n) is 12.4. The molecule has 0 heterocycles. The van der Waals surface area contributed by atoms with Gasteiger partial charge >= 0.3 is 39.5 Å². The Balaban J connectivity index is 5.23. The SMILES string of the molecule is CCCCCCCCCCCCCCCCCCCCC(=O)OC[C@H](COP(=O)(O)OC[C@@H](O)COP(=O)(O)OC[C@@H](COC(=O)CCCCCCCCCCC(C)C)OC(=O)CCCCCCCCCCCCCC)OC(=O)CCCCCCCCCCCCCCCCCCCC. The molecular weight excluding hydrogens is 1290 g/mol. The summed E-state index contributed by atoms with van der Waals surface area (Å²) in [5.41, 5.74) is 0. The molecule has 588 valence electrons. The number of aliphatic hydroxyl groups is 1. The van der Waals surface area contributed by atoms with Crippen LogP contribution in [0.1, 0.15) is 426 Å². The third kappa shape index (κ3) is 74.1. The zero-order chi connectivity index (χ0) is 72.7. The molecule has 3 N–H and O–H groups in total. The normalized spacial score (nSPS) is 13.9. The number of carbonyl (C=O) groups excluding carboxylic acids is 4. The second-order valence-electron chi connectivity index (χ2n) is 29.3. The van der Waals surface area contributed by atoms with Gasteiger partial charge in [0.05, 0.1) is 26.4 Å². The molecule has 99 heavy (non-hydrogen) atoms. The molecule has 0 aliphatic rings. The molecule has 0 aromatic rings. The average molecular weight is 1450 g/mol. The Bertz CT molecular complexity index is 1890. The van der Waals surface area contributed by atoms with E-state index in [1.165, 1.54) is 250 Å². The fraction of sp³-hybridized carbons (Fsp3) is 0.950. The minimum atomic E-state index is -4.96. The number of hydrogen-bond donors (Lipinski definition) is 3. The molecule has 0 saturated carbocycles. The van der Waals surface area contributed by atoms with Crippen molar-refractivity contribution in [1.29, 1.82) is 0 Å². The van der Waals surface area contributed by atoms with Gasteiger partial charge in [0, 0.05) is 25.7 Å². The van der Waals surface area contributed by atoms with Crippen LogP contribution in [0.4, 0.5) is 0 Å². The first-order valence-electron chi connectivity index (χ1n) is 41.6. The van der Waals surface area contributed by atoms with Crippen molar-refractivity contribution >= 4 is 39.5 Å². The molecule has 0 aliphatic carbocycles. The molecule has 0 amide bonds. The molecule has 2 unspecified atom stereocenters. The smallest absolute Gasteiger partial charge is 0.462 e. The van der Waals surface area contributed by atoms with E-state index in [1.807, 2.05) is 0 Å². The van der Waals surface area contributed by atoms with E-state index in [9.17, 15) is 43.2 Å². The summed E-state index contributed by atoms with van der Waals surface area (Å²) in [5.74, 6) is -1.38. The largest absolute Gasteiger partial charge is 0.472 e. The molecule has 5 atom stereocenters. The monoisotopic (exact) mass is 1450 g/mol. The van der Waals surface area contributed by atoms with Crippen LogP contribution in [0.2, 0.25) is 0 Å². The molecule has 0 aliphatic heterocycles. The van der Waals surface area contributed by atoms with Crippen LogP contribution in [0.25, 0.3) is 0 Å². The zero-order valence-corrected chi connectivity index (χ0v) is 66.4. The first-order valence-corrected chi connectivity index (χ1v) is 44.6. The maximum Gasteiger partial charge on any atom is 0.472 e. The maximum absolute atomic E-state index is 13.1. The first-order chi connectivity index (χ1) is 48.0. The molecule has 0 spiro atoms. The predicted octanol–water partition coefficient (Wildman–Crippen LogP) is 24.0. The molecule has 0 aromatic carbocycles. The average Bonchev–Trinajstić information content (AvgIpc) is 1.48. The van der Waals surface area contributed by atoms with Crippen LogP contribution < -0.4 is 0 Å². The highest BCUT2D eigenvalue weighted by Gasteiger charge is 2.30. The Kier molecular flexibility index (Phi) is 71.6. The topological polar surface area (TPSA) is 237 Å².